The van der Waals surface area contributed by atoms with Gasteiger partial charge in [-0.25, -0.2) is 0 Å². The van der Waals surface area contributed by atoms with Crippen molar-refractivity contribution in [2.45, 2.75) is 36.3 Å². The van der Waals surface area contributed by atoms with Crippen LogP contribution >= 0.6 is 11.8 Å². The van der Waals surface area contributed by atoms with Crippen molar-refractivity contribution in [1.82, 2.24) is 0 Å². The number of hydrogen-bond acceptors (Lipinski definition) is 2. The number of carbonyl (C=O) groups excluding carboxylic acids is 1. The van der Waals surface area contributed by atoms with Crippen LogP contribution in [0.25, 0.3) is 0 Å². The molecule has 1 amide bonds. The molecule has 1 aromatic carbocycles. The summed E-state index contributed by atoms with van der Waals surface area (Å²) in [5.41, 5.74) is 0.505. The maximum Gasteiger partial charge on any atom is 0.288 e. The number of hydrogen-bond donors (Lipinski definition) is 1. The van der Waals surface area contributed by atoms with E-state index in [1.165, 1.54) is 6.42 Å². The minimum absolute atomic E-state index is 0.000448. The van der Waals surface area contributed by atoms with Crippen LogP contribution in [0.3, 0.4) is 0 Å². The zero-order valence-electron chi connectivity index (χ0n) is 11.0. The third-order valence-corrected chi connectivity index (χ3v) is 5.22. The Morgan fingerprint density at radius 3 is 2.70 bits per heavy atom. The number of carbonyl (C=O) groups is 1. The van der Waals surface area contributed by atoms with Gasteiger partial charge < -0.3 is 5.32 Å². The number of alkyl halides is 2. The molecular formula is C15H17F2NOS. The molecule has 2 aliphatic carbocycles. The Kier molecular flexibility index (Phi) is 3.96. The Morgan fingerprint density at radius 2 is 2.05 bits per heavy atom. The van der Waals surface area contributed by atoms with Crippen LogP contribution in [0.5, 0.6) is 0 Å². The topological polar surface area (TPSA) is 29.1 Å². The summed E-state index contributed by atoms with van der Waals surface area (Å²) < 4.78 is 25.0. The Hall–Kier alpha value is -1.10. The quantitative estimate of drug-likeness (QED) is 0.836. The number of fused-ring (bicyclic) bond motifs is 2. The first-order chi connectivity index (χ1) is 9.63. The van der Waals surface area contributed by atoms with E-state index in [0.29, 0.717) is 34.2 Å². The molecule has 5 heteroatoms. The highest BCUT2D eigenvalue weighted by atomic mass is 32.2. The van der Waals surface area contributed by atoms with Crippen LogP contribution in [0.2, 0.25) is 0 Å². The van der Waals surface area contributed by atoms with Gasteiger partial charge in [0.2, 0.25) is 5.91 Å². The van der Waals surface area contributed by atoms with Crippen molar-refractivity contribution in [3.8, 4) is 0 Å². The highest BCUT2D eigenvalue weighted by Crippen LogP contribution is 2.48. The van der Waals surface area contributed by atoms with Crippen molar-refractivity contribution in [2.75, 3.05) is 5.32 Å². The van der Waals surface area contributed by atoms with Crippen LogP contribution in [0, 0.1) is 17.8 Å². The second-order valence-electron chi connectivity index (χ2n) is 5.65. The summed E-state index contributed by atoms with van der Waals surface area (Å²) in [6.45, 7) is 0. The van der Waals surface area contributed by atoms with Crippen LogP contribution in [0.4, 0.5) is 14.5 Å². The lowest BCUT2D eigenvalue weighted by atomic mass is 9.88. The summed E-state index contributed by atoms with van der Waals surface area (Å²) in [6, 6.07) is 6.77. The zero-order valence-corrected chi connectivity index (χ0v) is 11.8. The fraction of sp³-hybridized carbons (Fsp3) is 0.533. The molecule has 0 heterocycles. The summed E-state index contributed by atoms with van der Waals surface area (Å²) in [7, 11) is 0. The van der Waals surface area contributed by atoms with Gasteiger partial charge in [0, 0.05) is 10.8 Å². The predicted molar refractivity (Wildman–Crippen MR) is 75.9 cm³/mol. The second-order valence-corrected chi connectivity index (χ2v) is 6.68. The molecule has 1 aromatic rings. The molecular weight excluding hydrogens is 280 g/mol. The van der Waals surface area contributed by atoms with Crippen molar-refractivity contribution >= 4 is 23.4 Å². The van der Waals surface area contributed by atoms with E-state index in [2.05, 4.69) is 5.32 Å². The number of thioether (sulfide) groups is 1. The first kappa shape index (κ1) is 13.9. The number of nitrogens with one attached hydrogen (secondary N) is 1. The van der Waals surface area contributed by atoms with Crippen molar-refractivity contribution in [3.63, 3.8) is 0 Å². The second kappa shape index (κ2) is 5.72. The number of anilines is 1. The lowest BCUT2D eigenvalue weighted by Crippen LogP contribution is -2.27. The summed E-state index contributed by atoms with van der Waals surface area (Å²) >= 11 is 0.477. The van der Waals surface area contributed by atoms with E-state index >= 15 is 0 Å². The Morgan fingerprint density at radius 1 is 1.25 bits per heavy atom. The van der Waals surface area contributed by atoms with Crippen LogP contribution in [0.15, 0.2) is 29.2 Å². The summed E-state index contributed by atoms with van der Waals surface area (Å²) in [4.78, 5) is 12.8. The summed E-state index contributed by atoms with van der Waals surface area (Å²) in [5.74, 6) is -1.22. The van der Waals surface area contributed by atoms with Crippen molar-refractivity contribution in [1.29, 1.82) is 0 Å². The first-order valence-electron chi connectivity index (χ1n) is 6.98. The minimum Gasteiger partial charge on any atom is -0.325 e. The molecule has 2 fully saturated rings. The van der Waals surface area contributed by atoms with Crippen LogP contribution < -0.4 is 5.32 Å². The van der Waals surface area contributed by atoms with E-state index in [-0.39, 0.29) is 11.8 Å². The summed E-state index contributed by atoms with van der Waals surface area (Å²) in [5, 5.41) is 2.85. The van der Waals surface area contributed by atoms with E-state index < -0.39 is 5.76 Å². The van der Waals surface area contributed by atoms with Crippen LogP contribution in [-0.2, 0) is 4.79 Å². The highest BCUT2D eigenvalue weighted by molar-refractivity contribution is 7.99. The minimum atomic E-state index is -2.48. The molecule has 3 unspecified atom stereocenters. The molecule has 0 saturated heterocycles. The lowest BCUT2D eigenvalue weighted by Gasteiger charge is -2.21. The number of rotatable bonds is 4. The number of amides is 1. The van der Waals surface area contributed by atoms with E-state index in [1.807, 2.05) is 0 Å². The molecule has 0 aliphatic heterocycles. The average Bonchev–Trinajstić information content (AvgIpc) is 3.02. The molecule has 108 valence electrons. The summed E-state index contributed by atoms with van der Waals surface area (Å²) in [6.07, 6.45) is 4.49. The molecule has 2 nitrogen and oxygen atoms in total. The lowest BCUT2D eigenvalue weighted by molar-refractivity contribution is -0.121. The van der Waals surface area contributed by atoms with Crippen LogP contribution in [-0.4, -0.2) is 11.7 Å². The van der Waals surface area contributed by atoms with Gasteiger partial charge in [0.1, 0.15) is 0 Å². The van der Waals surface area contributed by atoms with Gasteiger partial charge in [-0.15, -0.1) is 0 Å². The van der Waals surface area contributed by atoms with Crippen molar-refractivity contribution in [3.05, 3.63) is 24.3 Å². The van der Waals surface area contributed by atoms with Crippen LogP contribution in [0.1, 0.15) is 25.7 Å². The van der Waals surface area contributed by atoms with Gasteiger partial charge in [0.05, 0.1) is 5.69 Å². The molecule has 20 heavy (non-hydrogen) atoms. The molecule has 1 N–H and O–H groups in total. The van der Waals surface area contributed by atoms with Crippen molar-refractivity contribution in [2.24, 2.45) is 17.8 Å². The van der Waals surface area contributed by atoms with Crippen molar-refractivity contribution < 1.29 is 13.6 Å². The highest BCUT2D eigenvalue weighted by Gasteiger charge is 2.43. The van der Waals surface area contributed by atoms with Gasteiger partial charge in [0.15, 0.2) is 0 Å². The van der Waals surface area contributed by atoms with Gasteiger partial charge >= 0.3 is 0 Å². The largest absolute Gasteiger partial charge is 0.325 e. The van der Waals surface area contributed by atoms with Gasteiger partial charge in [0.25, 0.3) is 5.76 Å². The molecule has 0 radical (unpaired) electrons. The SMILES string of the molecule is O=C(Nc1ccccc1SC(F)F)C1CC2CCC1C2. The molecule has 3 rings (SSSR count). The van der Waals surface area contributed by atoms with Gasteiger partial charge in [-0.05, 0) is 43.2 Å². The zero-order chi connectivity index (χ0) is 14.1. The molecule has 0 aromatic heterocycles. The van der Waals surface area contributed by atoms with E-state index in [0.717, 1.165) is 19.3 Å². The fourth-order valence-corrected chi connectivity index (χ4v) is 4.16. The standard InChI is InChI=1S/C15H17F2NOS/c16-15(17)20-13-4-2-1-3-12(13)18-14(19)11-8-9-5-6-10(11)7-9/h1-4,9-11,15H,5-8H2,(H,18,19). The van der Waals surface area contributed by atoms with E-state index in [4.69, 9.17) is 0 Å². The number of halogens is 2. The Balaban J connectivity index is 1.70. The number of benzene rings is 1. The Labute approximate surface area is 121 Å². The van der Waals surface area contributed by atoms with Gasteiger partial charge in [-0.3, -0.25) is 4.79 Å². The molecule has 2 bridgehead atoms. The first-order valence-corrected chi connectivity index (χ1v) is 7.86. The van der Waals surface area contributed by atoms with E-state index in [1.54, 1.807) is 24.3 Å². The normalized spacial score (nSPS) is 28.1. The van der Waals surface area contributed by atoms with Gasteiger partial charge in [-0.1, -0.05) is 30.3 Å². The van der Waals surface area contributed by atoms with Gasteiger partial charge in [-0.2, -0.15) is 8.78 Å². The smallest absolute Gasteiger partial charge is 0.288 e. The number of para-hydroxylation sites is 1. The monoisotopic (exact) mass is 297 g/mol. The third-order valence-electron chi connectivity index (χ3n) is 4.44. The Bertz CT molecular complexity index is 508. The molecule has 2 aliphatic rings. The predicted octanol–water partition coefficient (Wildman–Crippen LogP) is 4.38. The van der Waals surface area contributed by atoms with E-state index in [9.17, 15) is 13.6 Å². The molecule has 0 spiro atoms. The average molecular weight is 297 g/mol. The maximum absolute atomic E-state index is 12.5. The molecule has 3 atom stereocenters. The fourth-order valence-electron chi connectivity index (χ4n) is 3.56. The maximum atomic E-state index is 12.5. The molecule has 2 saturated carbocycles. The third kappa shape index (κ3) is 2.82.